The van der Waals surface area contributed by atoms with Crippen LogP contribution in [0.25, 0.3) is 0 Å². The van der Waals surface area contributed by atoms with Crippen LogP contribution in [0.2, 0.25) is 0 Å². The van der Waals surface area contributed by atoms with Gasteiger partial charge in [0.25, 0.3) is 0 Å². The van der Waals surface area contributed by atoms with Crippen molar-refractivity contribution in [1.82, 2.24) is 4.72 Å². The van der Waals surface area contributed by atoms with Gasteiger partial charge in [0.15, 0.2) is 13.2 Å². The molecule has 0 amide bonds. The first-order valence-corrected chi connectivity index (χ1v) is 6.65. The van der Waals surface area contributed by atoms with Crippen LogP contribution in [0.5, 0.6) is 0 Å². The van der Waals surface area contributed by atoms with Gasteiger partial charge in [-0.2, -0.15) is 26.3 Å². The quantitative estimate of drug-likeness (QED) is 0.305. The van der Waals surface area contributed by atoms with E-state index >= 15 is 0 Å². The van der Waals surface area contributed by atoms with Crippen LogP contribution in [0.3, 0.4) is 0 Å². The summed E-state index contributed by atoms with van der Waals surface area (Å²) in [7, 11) is 1.49. The maximum absolute atomic E-state index is 12.2. The summed E-state index contributed by atoms with van der Waals surface area (Å²) in [5.74, 6) is -0.147. The summed E-state index contributed by atoms with van der Waals surface area (Å²) in [6.07, 6.45) is -4.50. The van der Waals surface area contributed by atoms with Crippen LogP contribution >= 0.6 is 11.9 Å². The average molecular weight is 351 g/mol. The highest BCUT2D eigenvalue weighted by atomic mass is 32.2. The lowest BCUT2D eigenvalue weighted by Crippen LogP contribution is -2.17. The molecule has 0 aromatic heterocycles. The second-order valence-corrected chi connectivity index (χ2v) is 4.72. The Morgan fingerprint density at radius 2 is 1.64 bits per heavy atom. The smallest absolute Gasteiger partial charge is 0.422 e. The molecule has 0 unspecified atom stereocenters. The van der Waals surface area contributed by atoms with Gasteiger partial charge in [-0.3, -0.25) is 4.72 Å². The number of allylic oxidation sites excluding steroid dienone is 3. The van der Waals surface area contributed by atoms with Gasteiger partial charge in [0.2, 0.25) is 0 Å². The van der Waals surface area contributed by atoms with Crippen molar-refractivity contribution in [3.8, 4) is 0 Å². The molecule has 0 aromatic carbocycles. The van der Waals surface area contributed by atoms with Gasteiger partial charge in [-0.25, -0.2) is 0 Å². The second-order valence-electron chi connectivity index (χ2n) is 3.67. The highest BCUT2D eigenvalue weighted by Crippen LogP contribution is 2.24. The maximum atomic E-state index is 12.2. The molecule has 128 valence electrons. The van der Waals surface area contributed by atoms with E-state index in [4.69, 9.17) is 0 Å². The molecule has 0 bridgehead atoms. The molecule has 0 saturated heterocycles. The van der Waals surface area contributed by atoms with E-state index in [2.05, 4.69) is 14.2 Å². The number of nitrogens with one attached hydrogen (secondary N) is 1. The number of alkyl halides is 6. The normalized spacial score (nSPS) is 14.5. The zero-order chi connectivity index (χ0) is 17.2. The lowest BCUT2D eigenvalue weighted by Gasteiger charge is -2.13. The van der Waals surface area contributed by atoms with Crippen molar-refractivity contribution in [3.05, 3.63) is 35.2 Å². The fraction of sp³-hybridized carbons (Fsp3) is 0.500. The van der Waals surface area contributed by atoms with E-state index in [1.807, 2.05) is 0 Å². The Kier molecular flexibility index (Phi) is 9.10. The van der Waals surface area contributed by atoms with Crippen molar-refractivity contribution in [2.75, 3.05) is 20.3 Å². The average Bonchev–Trinajstić information content (AvgIpc) is 2.36. The maximum Gasteiger partial charge on any atom is 0.422 e. The van der Waals surface area contributed by atoms with Crippen molar-refractivity contribution in [3.63, 3.8) is 0 Å². The Balaban J connectivity index is 5.02. The summed E-state index contributed by atoms with van der Waals surface area (Å²) in [6, 6.07) is 0. The first kappa shape index (κ1) is 20.7. The molecule has 0 saturated carbocycles. The minimum Gasteiger partial charge on any atom is -0.492 e. The van der Waals surface area contributed by atoms with Gasteiger partial charge in [0.1, 0.15) is 5.76 Å². The summed E-state index contributed by atoms with van der Waals surface area (Å²) < 4.78 is 83.8. The molecule has 0 rings (SSSR count). The molecule has 0 aliphatic rings. The predicted octanol–water partition coefficient (Wildman–Crippen LogP) is 4.31. The van der Waals surface area contributed by atoms with Gasteiger partial charge < -0.3 is 9.47 Å². The third-order valence-electron chi connectivity index (χ3n) is 1.73. The Hall–Kier alpha value is -1.29. The molecular formula is C12H15F6NO2S. The Labute approximate surface area is 128 Å². The predicted molar refractivity (Wildman–Crippen MR) is 71.6 cm³/mol. The van der Waals surface area contributed by atoms with Crippen LogP contribution < -0.4 is 4.72 Å². The number of hydrogen-bond donors (Lipinski definition) is 1. The summed E-state index contributed by atoms with van der Waals surface area (Å²) in [5.41, 5.74) is 0. The topological polar surface area (TPSA) is 30.5 Å². The molecule has 1 N–H and O–H groups in total. The SMILES string of the molecule is C\C=C/C(OCC(F)(F)F)=C(\C=C\OCC(F)(F)F)SNC. The van der Waals surface area contributed by atoms with Gasteiger partial charge in [-0.1, -0.05) is 6.08 Å². The van der Waals surface area contributed by atoms with Gasteiger partial charge in [0.05, 0.1) is 11.2 Å². The van der Waals surface area contributed by atoms with Crippen LogP contribution in [0.1, 0.15) is 6.92 Å². The van der Waals surface area contributed by atoms with E-state index in [-0.39, 0.29) is 10.7 Å². The largest absolute Gasteiger partial charge is 0.492 e. The summed E-state index contributed by atoms with van der Waals surface area (Å²) in [5, 5.41) is 0. The van der Waals surface area contributed by atoms with Crippen molar-refractivity contribution in [2.24, 2.45) is 0 Å². The molecule has 0 heterocycles. The van der Waals surface area contributed by atoms with E-state index < -0.39 is 25.6 Å². The lowest BCUT2D eigenvalue weighted by atomic mass is 10.4. The Bertz CT molecular complexity index is 415. The Morgan fingerprint density at radius 3 is 2.09 bits per heavy atom. The number of ether oxygens (including phenoxy) is 2. The first-order valence-electron chi connectivity index (χ1n) is 5.84. The third kappa shape index (κ3) is 11.4. The zero-order valence-electron chi connectivity index (χ0n) is 11.7. The van der Waals surface area contributed by atoms with Crippen LogP contribution in [0.4, 0.5) is 26.3 Å². The molecular weight excluding hydrogens is 336 g/mol. The van der Waals surface area contributed by atoms with Gasteiger partial charge >= 0.3 is 12.4 Å². The summed E-state index contributed by atoms with van der Waals surface area (Å²) in [4.78, 5) is 0.132. The highest BCUT2D eigenvalue weighted by molar-refractivity contribution is 8.01. The summed E-state index contributed by atoms with van der Waals surface area (Å²) >= 11 is 0.871. The molecule has 3 nitrogen and oxygen atoms in total. The van der Waals surface area contributed by atoms with Crippen molar-refractivity contribution in [2.45, 2.75) is 19.3 Å². The monoisotopic (exact) mass is 351 g/mol. The van der Waals surface area contributed by atoms with E-state index in [1.54, 1.807) is 6.92 Å². The van der Waals surface area contributed by atoms with Crippen LogP contribution in [-0.2, 0) is 9.47 Å². The minimum atomic E-state index is -4.53. The number of rotatable bonds is 8. The van der Waals surface area contributed by atoms with E-state index in [0.717, 1.165) is 24.3 Å². The van der Waals surface area contributed by atoms with Crippen LogP contribution in [-0.4, -0.2) is 32.6 Å². The van der Waals surface area contributed by atoms with E-state index in [1.165, 1.54) is 19.2 Å². The third-order valence-corrected chi connectivity index (χ3v) is 2.49. The van der Waals surface area contributed by atoms with Gasteiger partial charge in [-0.15, -0.1) is 0 Å². The molecule has 0 fully saturated rings. The summed E-state index contributed by atoms with van der Waals surface area (Å²) in [6.45, 7) is -1.45. The van der Waals surface area contributed by atoms with Gasteiger partial charge in [-0.05, 0) is 38.1 Å². The molecule has 0 spiro atoms. The van der Waals surface area contributed by atoms with Crippen LogP contribution in [0, 0.1) is 0 Å². The van der Waals surface area contributed by atoms with Crippen molar-refractivity contribution in [1.29, 1.82) is 0 Å². The second kappa shape index (κ2) is 9.67. The minimum absolute atomic E-state index is 0.132. The van der Waals surface area contributed by atoms with Gasteiger partial charge in [0, 0.05) is 0 Å². The van der Waals surface area contributed by atoms with E-state index in [0.29, 0.717) is 0 Å². The fourth-order valence-corrected chi connectivity index (χ4v) is 1.61. The molecule has 0 aromatic rings. The van der Waals surface area contributed by atoms with Crippen molar-refractivity contribution >= 4 is 11.9 Å². The first-order chi connectivity index (χ1) is 10.1. The van der Waals surface area contributed by atoms with Crippen molar-refractivity contribution < 1.29 is 35.8 Å². The highest BCUT2D eigenvalue weighted by Gasteiger charge is 2.29. The number of hydrogen-bond acceptors (Lipinski definition) is 4. The molecule has 0 aliphatic carbocycles. The standard InChI is InChI=1S/C12H15F6NO2S/c1-3-4-9(21-8-12(16,17)18)10(22-19-2)5-6-20-7-11(13,14)15/h3-6,19H,7-8H2,1-2H3/b4-3-,6-5+,10-9-. The lowest BCUT2D eigenvalue weighted by molar-refractivity contribution is -0.164. The zero-order valence-corrected chi connectivity index (χ0v) is 12.5. The molecule has 0 aliphatic heterocycles. The molecule has 22 heavy (non-hydrogen) atoms. The molecule has 10 heteroatoms. The molecule has 0 radical (unpaired) electrons. The Morgan fingerprint density at radius 1 is 1.05 bits per heavy atom. The van der Waals surface area contributed by atoms with Crippen LogP contribution in [0.15, 0.2) is 35.2 Å². The van der Waals surface area contributed by atoms with E-state index in [9.17, 15) is 26.3 Å². The molecule has 0 atom stereocenters. The number of halogens is 6. The fourth-order valence-electron chi connectivity index (χ4n) is 1.04.